The molecular weight excluding hydrogens is 386 g/mol. The molecule has 0 unspecified atom stereocenters. The Bertz CT molecular complexity index is 743. The number of hydrogen-bond acceptors (Lipinski definition) is 6. The van der Waals surface area contributed by atoms with Gasteiger partial charge in [0.25, 0.3) is 0 Å². The molecule has 7 heteroatoms. The summed E-state index contributed by atoms with van der Waals surface area (Å²) in [5, 5.41) is 2.76. The average molecular weight is 420 g/mol. The first kappa shape index (κ1) is 25.2. The van der Waals surface area contributed by atoms with Crippen molar-refractivity contribution in [2.24, 2.45) is 0 Å². The summed E-state index contributed by atoms with van der Waals surface area (Å²) in [5.74, 6) is -1.12. The molecular formula is C23H33NO6. The Morgan fingerprint density at radius 1 is 0.967 bits per heavy atom. The van der Waals surface area contributed by atoms with Crippen LogP contribution >= 0.6 is 0 Å². The van der Waals surface area contributed by atoms with Crippen LogP contribution in [0.3, 0.4) is 0 Å². The summed E-state index contributed by atoms with van der Waals surface area (Å²) in [6, 6.07) is 8.75. The minimum Gasteiger partial charge on any atom is -0.457 e. The van der Waals surface area contributed by atoms with Gasteiger partial charge in [-0.3, -0.25) is 4.79 Å². The number of carbonyl (C=O) groups excluding carboxylic acids is 3. The highest BCUT2D eigenvalue weighted by Gasteiger charge is 2.27. The van der Waals surface area contributed by atoms with Gasteiger partial charge in [-0.2, -0.15) is 0 Å². The SMILES string of the molecule is CC(=O)O[C@@H](/C=C\C(=O)OC(C)(C)C)[C@H](Cc1ccccc1)NC(=O)OC(C)(C)C. The fraction of sp³-hybridized carbons (Fsp3) is 0.522. The highest BCUT2D eigenvalue weighted by atomic mass is 16.6. The van der Waals surface area contributed by atoms with E-state index in [1.807, 2.05) is 30.3 Å². The molecule has 0 aliphatic rings. The number of nitrogens with one attached hydrogen (secondary N) is 1. The van der Waals surface area contributed by atoms with Crippen molar-refractivity contribution in [2.45, 2.75) is 78.2 Å². The molecule has 0 spiro atoms. The van der Waals surface area contributed by atoms with Crippen LogP contribution in [-0.4, -0.2) is 41.4 Å². The van der Waals surface area contributed by atoms with E-state index in [0.29, 0.717) is 6.42 Å². The second kappa shape index (κ2) is 10.8. The van der Waals surface area contributed by atoms with E-state index in [0.717, 1.165) is 5.56 Å². The quantitative estimate of drug-likeness (QED) is 0.409. The number of rotatable bonds is 7. The summed E-state index contributed by atoms with van der Waals surface area (Å²) in [4.78, 5) is 36.1. The van der Waals surface area contributed by atoms with Crippen molar-refractivity contribution in [3.63, 3.8) is 0 Å². The van der Waals surface area contributed by atoms with Crippen LogP contribution in [0.1, 0.15) is 54.0 Å². The third-order valence-electron chi connectivity index (χ3n) is 3.53. The average Bonchev–Trinajstić information content (AvgIpc) is 2.55. The smallest absolute Gasteiger partial charge is 0.408 e. The molecule has 1 rings (SSSR count). The van der Waals surface area contributed by atoms with E-state index in [2.05, 4.69) is 5.32 Å². The number of amides is 1. The summed E-state index contributed by atoms with van der Waals surface area (Å²) in [7, 11) is 0. The van der Waals surface area contributed by atoms with Crippen molar-refractivity contribution in [3.8, 4) is 0 Å². The molecule has 1 aromatic rings. The molecule has 0 aliphatic heterocycles. The molecule has 0 radical (unpaired) electrons. The van der Waals surface area contributed by atoms with Crippen molar-refractivity contribution in [3.05, 3.63) is 48.0 Å². The van der Waals surface area contributed by atoms with E-state index in [1.165, 1.54) is 19.1 Å². The Morgan fingerprint density at radius 2 is 1.53 bits per heavy atom. The van der Waals surface area contributed by atoms with Crippen molar-refractivity contribution < 1.29 is 28.6 Å². The maximum atomic E-state index is 12.4. The van der Waals surface area contributed by atoms with Gasteiger partial charge in [-0.1, -0.05) is 30.3 Å². The lowest BCUT2D eigenvalue weighted by molar-refractivity contribution is -0.149. The van der Waals surface area contributed by atoms with Gasteiger partial charge in [-0.25, -0.2) is 9.59 Å². The molecule has 1 amide bonds. The number of carbonyl (C=O) groups is 3. The maximum absolute atomic E-state index is 12.4. The Labute approximate surface area is 178 Å². The molecule has 30 heavy (non-hydrogen) atoms. The summed E-state index contributed by atoms with van der Waals surface area (Å²) >= 11 is 0. The van der Waals surface area contributed by atoms with E-state index in [-0.39, 0.29) is 0 Å². The fourth-order valence-electron chi connectivity index (χ4n) is 2.53. The predicted octanol–water partition coefficient (Wildman–Crippen LogP) is 3.95. The Hall–Kier alpha value is -2.83. The summed E-state index contributed by atoms with van der Waals surface area (Å²) in [5.41, 5.74) is -0.428. The van der Waals surface area contributed by atoms with Crippen LogP contribution < -0.4 is 5.32 Å². The van der Waals surface area contributed by atoms with Crippen LogP contribution in [0, 0.1) is 0 Å². The van der Waals surface area contributed by atoms with E-state index >= 15 is 0 Å². The fourth-order valence-corrected chi connectivity index (χ4v) is 2.53. The van der Waals surface area contributed by atoms with Crippen molar-refractivity contribution in [2.75, 3.05) is 0 Å². The van der Waals surface area contributed by atoms with E-state index in [9.17, 15) is 14.4 Å². The minimum absolute atomic E-state index is 0.358. The van der Waals surface area contributed by atoms with Gasteiger partial charge in [0.05, 0.1) is 6.04 Å². The number of esters is 2. The van der Waals surface area contributed by atoms with Crippen LogP contribution in [0.15, 0.2) is 42.5 Å². The minimum atomic E-state index is -0.900. The normalized spacial score (nSPS) is 14.0. The third-order valence-corrected chi connectivity index (χ3v) is 3.53. The van der Waals surface area contributed by atoms with Crippen LogP contribution in [0.4, 0.5) is 4.79 Å². The van der Waals surface area contributed by atoms with Crippen LogP contribution in [0.2, 0.25) is 0 Å². The zero-order valence-electron chi connectivity index (χ0n) is 18.9. The van der Waals surface area contributed by atoms with Gasteiger partial charge >= 0.3 is 18.0 Å². The lowest BCUT2D eigenvalue weighted by atomic mass is 10.0. The van der Waals surface area contributed by atoms with Gasteiger partial charge in [0.1, 0.15) is 17.3 Å². The highest BCUT2D eigenvalue weighted by molar-refractivity contribution is 5.82. The monoisotopic (exact) mass is 419 g/mol. The molecule has 0 saturated heterocycles. The first-order valence-corrected chi connectivity index (χ1v) is 9.87. The van der Waals surface area contributed by atoms with Crippen molar-refractivity contribution in [1.29, 1.82) is 0 Å². The number of ether oxygens (including phenoxy) is 3. The molecule has 2 atom stereocenters. The largest absolute Gasteiger partial charge is 0.457 e. The maximum Gasteiger partial charge on any atom is 0.408 e. The second-order valence-electron chi connectivity index (χ2n) is 8.91. The Morgan fingerprint density at radius 3 is 2.03 bits per heavy atom. The standard InChI is InChI=1S/C23H33NO6/c1-16(25)28-19(13-14-20(26)29-22(2,3)4)18(15-17-11-9-8-10-12-17)24-21(27)30-23(5,6)7/h8-14,18-19H,15H2,1-7H3,(H,24,27)/b14-13-/t18-,19-/m0/s1. The molecule has 0 saturated carbocycles. The first-order chi connectivity index (χ1) is 13.7. The number of benzene rings is 1. The zero-order valence-corrected chi connectivity index (χ0v) is 18.9. The molecule has 0 bridgehead atoms. The molecule has 1 aromatic carbocycles. The summed E-state index contributed by atoms with van der Waals surface area (Å²) in [6.07, 6.45) is 1.43. The third kappa shape index (κ3) is 11.2. The van der Waals surface area contributed by atoms with Gasteiger partial charge in [-0.15, -0.1) is 0 Å². The lowest BCUT2D eigenvalue weighted by Gasteiger charge is -2.28. The molecule has 0 aromatic heterocycles. The van der Waals surface area contributed by atoms with Gasteiger partial charge in [0.2, 0.25) is 0 Å². The predicted molar refractivity (Wildman–Crippen MR) is 114 cm³/mol. The molecule has 7 nitrogen and oxygen atoms in total. The van der Waals surface area contributed by atoms with Crippen molar-refractivity contribution >= 4 is 18.0 Å². The summed E-state index contributed by atoms with van der Waals surface area (Å²) < 4.78 is 16.0. The van der Waals surface area contributed by atoms with Gasteiger partial charge in [0.15, 0.2) is 0 Å². The zero-order chi connectivity index (χ0) is 22.9. The second-order valence-corrected chi connectivity index (χ2v) is 8.91. The van der Waals surface area contributed by atoms with E-state index < -0.39 is 41.4 Å². The highest BCUT2D eigenvalue weighted by Crippen LogP contribution is 2.14. The molecule has 0 aliphatic carbocycles. The molecule has 0 heterocycles. The van der Waals surface area contributed by atoms with Crippen LogP contribution in [0.25, 0.3) is 0 Å². The van der Waals surface area contributed by atoms with E-state index in [1.54, 1.807) is 41.5 Å². The van der Waals surface area contributed by atoms with Crippen LogP contribution in [-0.2, 0) is 30.2 Å². The van der Waals surface area contributed by atoms with Gasteiger partial charge in [0, 0.05) is 13.0 Å². The Balaban J connectivity index is 3.11. The van der Waals surface area contributed by atoms with Crippen LogP contribution in [0.5, 0.6) is 0 Å². The topological polar surface area (TPSA) is 90.9 Å². The molecule has 0 fully saturated rings. The Kier molecular flexibility index (Phi) is 9.08. The molecule has 166 valence electrons. The number of alkyl carbamates (subject to hydrolysis) is 1. The first-order valence-electron chi connectivity index (χ1n) is 9.87. The van der Waals surface area contributed by atoms with Gasteiger partial charge in [-0.05, 0) is 59.6 Å². The summed E-state index contributed by atoms with van der Waals surface area (Å²) in [6.45, 7) is 11.8. The number of hydrogen-bond donors (Lipinski definition) is 1. The van der Waals surface area contributed by atoms with Crippen molar-refractivity contribution in [1.82, 2.24) is 5.32 Å². The molecule has 1 N–H and O–H groups in total. The van der Waals surface area contributed by atoms with E-state index in [4.69, 9.17) is 14.2 Å². The van der Waals surface area contributed by atoms with Gasteiger partial charge < -0.3 is 19.5 Å². The lowest BCUT2D eigenvalue weighted by Crippen LogP contribution is -2.47.